The van der Waals surface area contributed by atoms with Crippen molar-refractivity contribution in [3.05, 3.63) is 24.3 Å². The average molecular weight is 252 g/mol. The lowest BCUT2D eigenvalue weighted by Gasteiger charge is -2.09. The van der Waals surface area contributed by atoms with E-state index in [2.05, 4.69) is 10.1 Å². The molecule has 18 heavy (non-hydrogen) atoms. The van der Waals surface area contributed by atoms with Gasteiger partial charge in [-0.25, -0.2) is 0 Å². The molecular weight excluding hydrogens is 242 g/mol. The summed E-state index contributed by atoms with van der Waals surface area (Å²) in [5.74, 6) is -0.336. The van der Waals surface area contributed by atoms with Gasteiger partial charge in [0.2, 0.25) is 5.91 Å². The summed E-state index contributed by atoms with van der Waals surface area (Å²) in [5.41, 5.74) is -0.457. The van der Waals surface area contributed by atoms with E-state index in [9.17, 15) is 13.6 Å². The second-order valence-electron chi connectivity index (χ2n) is 4.05. The van der Waals surface area contributed by atoms with Gasteiger partial charge in [-0.3, -0.25) is 4.79 Å². The first-order valence-corrected chi connectivity index (χ1v) is 5.33. The zero-order valence-corrected chi connectivity index (χ0v) is 9.32. The van der Waals surface area contributed by atoms with Crippen LogP contribution in [0.5, 0.6) is 5.75 Å². The van der Waals surface area contributed by atoms with E-state index < -0.39 is 12.0 Å². The molecule has 0 heterocycles. The molecule has 0 atom stereocenters. The number of ether oxygens (including phenoxy) is 1. The van der Waals surface area contributed by atoms with Crippen molar-refractivity contribution in [1.29, 1.82) is 5.26 Å². The number of alkyl halides is 2. The lowest BCUT2D eigenvalue weighted by atomic mass is 10.1. The van der Waals surface area contributed by atoms with Gasteiger partial charge in [-0.05, 0) is 37.1 Å². The molecule has 94 valence electrons. The summed E-state index contributed by atoms with van der Waals surface area (Å²) in [5, 5.41) is 11.4. The quantitative estimate of drug-likeness (QED) is 0.895. The molecule has 2 rings (SSSR count). The third-order valence-electron chi connectivity index (χ3n) is 2.74. The second-order valence-corrected chi connectivity index (χ2v) is 4.05. The summed E-state index contributed by atoms with van der Waals surface area (Å²) in [6, 6.07) is 7.52. The number of nitriles is 1. The zero-order valence-electron chi connectivity index (χ0n) is 9.32. The number of halogens is 2. The highest BCUT2D eigenvalue weighted by atomic mass is 19.3. The molecule has 4 nitrogen and oxygen atoms in total. The first-order chi connectivity index (χ1) is 8.55. The Morgan fingerprint density at radius 3 is 2.44 bits per heavy atom. The number of benzene rings is 1. The Balaban J connectivity index is 1.99. The van der Waals surface area contributed by atoms with Gasteiger partial charge < -0.3 is 10.1 Å². The fourth-order valence-electron chi connectivity index (χ4n) is 1.49. The number of carbonyl (C=O) groups is 1. The van der Waals surface area contributed by atoms with Gasteiger partial charge in [-0.2, -0.15) is 14.0 Å². The van der Waals surface area contributed by atoms with Crippen molar-refractivity contribution < 1.29 is 18.3 Å². The highest BCUT2D eigenvalue weighted by Gasteiger charge is 2.50. The zero-order chi connectivity index (χ0) is 13.2. The van der Waals surface area contributed by atoms with Crippen LogP contribution in [0, 0.1) is 16.7 Å². The lowest BCUT2D eigenvalue weighted by Crippen LogP contribution is -2.22. The number of hydrogen-bond donors (Lipinski definition) is 1. The average Bonchev–Trinajstić information content (AvgIpc) is 3.12. The molecule has 0 spiro atoms. The van der Waals surface area contributed by atoms with Crippen LogP contribution < -0.4 is 10.1 Å². The molecule has 6 heteroatoms. The first-order valence-electron chi connectivity index (χ1n) is 5.33. The molecule has 1 saturated carbocycles. The van der Waals surface area contributed by atoms with Crippen LogP contribution in [0.25, 0.3) is 0 Å². The minimum atomic E-state index is -2.88. The maximum absolute atomic E-state index is 11.9. The first kappa shape index (κ1) is 12.3. The number of rotatable bonds is 4. The molecule has 1 fully saturated rings. The minimum Gasteiger partial charge on any atom is -0.435 e. The Bertz CT molecular complexity index is 490. The van der Waals surface area contributed by atoms with Gasteiger partial charge in [-0.15, -0.1) is 0 Å². The van der Waals surface area contributed by atoms with Gasteiger partial charge in [0.1, 0.15) is 11.2 Å². The minimum absolute atomic E-state index is 0.0180. The Kier molecular flexibility index (Phi) is 3.15. The highest BCUT2D eigenvalue weighted by molar-refractivity contribution is 5.99. The number of nitrogens with zero attached hydrogens (tertiary/aromatic N) is 1. The number of amides is 1. The van der Waals surface area contributed by atoms with Crippen LogP contribution in [-0.2, 0) is 4.79 Å². The predicted molar refractivity (Wildman–Crippen MR) is 59.0 cm³/mol. The lowest BCUT2D eigenvalue weighted by molar-refractivity contribution is -0.119. The molecule has 0 bridgehead atoms. The van der Waals surface area contributed by atoms with Crippen LogP contribution in [0.4, 0.5) is 14.5 Å². The van der Waals surface area contributed by atoms with Gasteiger partial charge >= 0.3 is 6.61 Å². The molecule has 1 aromatic carbocycles. The number of carbonyl (C=O) groups excluding carboxylic acids is 1. The van der Waals surface area contributed by atoms with Crippen molar-refractivity contribution in [3.8, 4) is 11.8 Å². The van der Waals surface area contributed by atoms with Gasteiger partial charge in [-0.1, -0.05) is 0 Å². The van der Waals surface area contributed by atoms with Crippen molar-refractivity contribution in [2.75, 3.05) is 5.32 Å². The molecule has 1 amide bonds. The molecular formula is C12H10F2N2O2. The maximum Gasteiger partial charge on any atom is 0.387 e. The van der Waals surface area contributed by atoms with E-state index in [0.717, 1.165) is 0 Å². The van der Waals surface area contributed by atoms with Crippen LogP contribution in [0.3, 0.4) is 0 Å². The molecule has 0 radical (unpaired) electrons. The number of nitrogens with one attached hydrogen (secondary N) is 1. The Hall–Kier alpha value is -2.16. The van der Waals surface area contributed by atoms with Crippen molar-refractivity contribution in [1.82, 2.24) is 0 Å². The summed E-state index contributed by atoms with van der Waals surface area (Å²) < 4.78 is 28.0. The summed E-state index contributed by atoms with van der Waals surface area (Å²) in [4.78, 5) is 11.7. The smallest absolute Gasteiger partial charge is 0.387 e. The Morgan fingerprint density at radius 2 is 2.00 bits per heavy atom. The van der Waals surface area contributed by atoms with E-state index in [1.165, 1.54) is 24.3 Å². The molecule has 0 aromatic heterocycles. The molecule has 1 N–H and O–H groups in total. The van der Waals surface area contributed by atoms with Gasteiger partial charge in [0.05, 0.1) is 6.07 Å². The van der Waals surface area contributed by atoms with Crippen LogP contribution in [0.15, 0.2) is 24.3 Å². The van der Waals surface area contributed by atoms with Crippen molar-refractivity contribution >= 4 is 11.6 Å². The summed E-state index contributed by atoms with van der Waals surface area (Å²) >= 11 is 0. The van der Waals surface area contributed by atoms with Crippen molar-refractivity contribution in [2.24, 2.45) is 5.41 Å². The molecule has 0 saturated heterocycles. The second kappa shape index (κ2) is 4.61. The van der Waals surface area contributed by atoms with Crippen molar-refractivity contribution in [2.45, 2.75) is 19.5 Å². The summed E-state index contributed by atoms with van der Waals surface area (Å²) in [6.45, 7) is -2.88. The standard InChI is InChI=1S/C12H10F2N2O2/c13-11(14)18-9-3-1-8(2-4-9)16-10(17)12(7-15)5-6-12/h1-4,11H,5-6H2,(H,16,17). The topological polar surface area (TPSA) is 62.1 Å². The van der Waals surface area contributed by atoms with Crippen LogP contribution >= 0.6 is 0 Å². The molecule has 1 aliphatic rings. The third-order valence-corrected chi connectivity index (χ3v) is 2.74. The van der Waals surface area contributed by atoms with E-state index in [1.807, 2.05) is 6.07 Å². The Labute approximate surface area is 102 Å². The molecule has 0 unspecified atom stereocenters. The molecule has 0 aliphatic heterocycles. The third kappa shape index (κ3) is 2.56. The maximum atomic E-state index is 11.9. The van der Waals surface area contributed by atoms with Crippen molar-refractivity contribution in [3.63, 3.8) is 0 Å². The molecule has 1 aliphatic carbocycles. The van der Waals surface area contributed by atoms with Gasteiger partial charge in [0.15, 0.2) is 0 Å². The fourth-order valence-corrected chi connectivity index (χ4v) is 1.49. The fraction of sp³-hybridized carbons (Fsp3) is 0.333. The normalized spacial score (nSPS) is 15.9. The predicted octanol–water partition coefficient (Wildman–Crippen LogP) is 2.53. The summed E-state index contributed by atoms with van der Waals surface area (Å²) in [7, 11) is 0. The number of anilines is 1. The van der Waals surface area contributed by atoms with Crippen LogP contribution in [0.1, 0.15) is 12.8 Å². The van der Waals surface area contributed by atoms with E-state index in [4.69, 9.17) is 5.26 Å². The largest absolute Gasteiger partial charge is 0.435 e. The number of hydrogen-bond acceptors (Lipinski definition) is 3. The molecule has 1 aromatic rings. The van der Waals surface area contributed by atoms with Gasteiger partial charge in [0.25, 0.3) is 0 Å². The van der Waals surface area contributed by atoms with E-state index >= 15 is 0 Å². The van der Waals surface area contributed by atoms with Crippen LogP contribution in [0.2, 0.25) is 0 Å². The Morgan fingerprint density at radius 1 is 1.39 bits per heavy atom. The van der Waals surface area contributed by atoms with E-state index in [-0.39, 0.29) is 11.7 Å². The highest BCUT2D eigenvalue weighted by Crippen LogP contribution is 2.45. The van der Waals surface area contributed by atoms with E-state index in [1.54, 1.807) is 0 Å². The SMILES string of the molecule is N#CC1(C(=O)Nc2ccc(OC(F)F)cc2)CC1. The summed E-state index contributed by atoms with van der Waals surface area (Å²) in [6.07, 6.45) is 1.11. The van der Waals surface area contributed by atoms with Gasteiger partial charge in [0, 0.05) is 5.69 Å². The van der Waals surface area contributed by atoms with Crippen LogP contribution in [-0.4, -0.2) is 12.5 Å². The monoisotopic (exact) mass is 252 g/mol. The van der Waals surface area contributed by atoms with E-state index in [0.29, 0.717) is 18.5 Å².